The monoisotopic (exact) mass is 336 g/mol. The van der Waals surface area contributed by atoms with Crippen molar-refractivity contribution in [2.24, 2.45) is 0 Å². The minimum Gasteiger partial charge on any atom is -0.384 e. The average Bonchev–Trinajstić information content (AvgIpc) is 2.55. The third-order valence-electron chi connectivity index (χ3n) is 3.57. The molecular formula is C18H19F3N2O. The lowest BCUT2D eigenvalue weighted by molar-refractivity contribution is -0.137. The van der Waals surface area contributed by atoms with Crippen molar-refractivity contribution in [3.05, 3.63) is 59.7 Å². The normalized spacial score (nSPS) is 11.2. The molecule has 24 heavy (non-hydrogen) atoms. The van der Waals surface area contributed by atoms with E-state index in [0.29, 0.717) is 6.54 Å². The summed E-state index contributed by atoms with van der Waals surface area (Å²) in [5.41, 5.74) is 0.996. The van der Waals surface area contributed by atoms with Crippen LogP contribution in [0.4, 0.5) is 24.5 Å². The molecule has 0 aliphatic carbocycles. The summed E-state index contributed by atoms with van der Waals surface area (Å²) in [5.74, 6) is -0.465. The van der Waals surface area contributed by atoms with Crippen LogP contribution in [0.1, 0.15) is 24.5 Å². The van der Waals surface area contributed by atoms with Crippen molar-refractivity contribution in [2.45, 2.75) is 25.9 Å². The zero-order valence-corrected chi connectivity index (χ0v) is 13.3. The molecule has 0 saturated carbocycles. The molecule has 0 radical (unpaired) electrons. The molecule has 0 heterocycles. The smallest absolute Gasteiger partial charge is 0.384 e. The van der Waals surface area contributed by atoms with Gasteiger partial charge in [0.15, 0.2) is 0 Å². The van der Waals surface area contributed by atoms with Gasteiger partial charge in [0.05, 0.1) is 11.3 Å². The van der Waals surface area contributed by atoms with Gasteiger partial charge in [-0.05, 0) is 30.2 Å². The third kappa shape index (κ3) is 4.75. The van der Waals surface area contributed by atoms with Gasteiger partial charge in [0, 0.05) is 18.7 Å². The van der Waals surface area contributed by atoms with Crippen LogP contribution in [0.25, 0.3) is 0 Å². The molecule has 0 bridgehead atoms. The number of halogens is 3. The fourth-order valence-corrected chi connectivity index (χ4v) is 2.36. The van der Waals surface area contributed by atoms with Crippen LogP contribution in [0, 0.1) is 0 Å². The van der Waals surface area contributed by atoms with E-state index in [-0.39, 0.29) is 12.1 Å². The van der Waals surface area contributed by atoms with Crippen LogP contribution >= 0.6 is 0 Å². The molecule has 0 spiro atoms. The summed E-state index contributed by atoms with van der Waals surface area (Å²) < 4.78 is 38.7. The molecule has 128 valence electrons. The van der Waals surface area contributed by atoms with E-state index in [1.165, 1.54) is 18.2 Å². The Morgan fingerprint density at radius 2 is 1.62 bits per heavy atom. The highest BCUT2D eigenvalue weighted by molar-refractivity contribution is 5.91. The predicted molar refractivity (Wildman–Crippen MR) is 89.0 cm³/mol. The van der Waals surface area contributed by atoms with Crippen LogP contribution in [0.15, 0.2) is 48.5 Å². The first kappa shape index (κ1) is 17.8. The molecule has 0 unspecified atom stereocenters. The van der Waals surface area contributed by atoms with Crippen LogP contribution < -0.4 is 10.6 Å². The first-order valence-electron chi connectivity index (χ1n) is 7.69. The van der Waals surface area contributed by atoms with Crippen LogP contribution in [0.5, 0.6) is 0 Å². The highest BCUT2D eigenvalue weighted by Gasteiger charge is 2.33. The molecule has 0 atom stereocenters. The van der Waals surface area contributed by atoms with Gasteiger partial charge in [0.25, 0.3) is 0 Å². The van der Waals surface area contributed by atoms with Gasteiger partial charge in [-0.3, -0.25) is 4.79 Å². The van der Waals surface area contributed by atoms with E-state index in [4.69, 9.17) is 0 Å². The molecule has 2 aromatic rings. The Bertz CT molecular complexity index is 699. The van der Waals surface area contributed by atoms with Crippen molar-refractivity contribution in [2.75, 3.05) is 17.2 Å². The summed E-state index contributed by atoms with van der Waals surface area (Å²) in [7, 11) is 0. The van der Waals surface area contributed by atoms with Crippen molar-refractivity contribution in [3.63, 3.8) is 0 Å². The summed E-state index contributed by atoms with van der Waals surface area (Å²) >= 11 is 0. The topological polar surface area (TPSA) is 41.1 Å². The number of anilines is 2. The van der Waals surface area contributed by atoms with E-state index in [2.05, 4.69) is 10.6 Å². The van der Waals surface area contributed by atoms with E-state index >= 15 is 0 Å². The van der Waals surface area contributed by atoms with E-state index < -0.39 is 17.6 Å². The Morgan fingerprint density at radius 3 is 2.29 bits per heavy atom. The molecule has 0 aliphatic heterocycles. The number of nitrogens with one attached hydrogen (secondary N) is 2. The van der Waals surface area contributed by atoms with Crippen molar-refractivity contribution in [1.29, 1.82) is 0 Å². The Balaban J connectivity index is 1.93. The Morgan fingerprint density at radius 1 is 1.00 bits per heavy atom. The first-order chi connectivity index (χ1) is 11.4. The number of para-hydroxylation sites is 2. The highest BCUT2D eigenvalue weighted by Crippen LogP contribution is 2.34. The first-order valence-corrected chi connectivity index (χ1v) is 7.69. The molecule has 2 aromatic carbocycles. The van der Waals surface area contributed by atoms with Gasteiger partial charge in [-0.25, -0.2) is 0 Å². The lowest BCUT2D eigenvalue weighted by Crippen LogP contribution is -2.19. The van der Waals surface area contributed by atoms with Gasteiger partial charge >= 0.3 is 6.18 Å². The van der Waals surface area contributed by atoms with E-state index in [1.807, 2.05) is 31.2 Å². The summed E-state index contributed by atoms with van der Waals surface area (Å²) in [6.45, 7) is 2.37. The zero-order chi connectivity index (χ0) is 17.6. The van der Waals surface area contributed by atoms with E-state index in [1.54, 1.807) is 0 Å². The number of carbonyl (C=O) groups excluding carboxylic acids is 1. The molecule has 6 heteroatoms. The number of hydrogen-bond acceptors (Lipinski definition) is 2. The van der Waals surface area contributed by atoms with Gasteiger partial charge in [-0.1, -0.05) is 37.3 Å². The molecule has 2 N–H and O–H groups in total. The third-order valence-corrected chi connectivity index (χ3v) is 3.57. The summed E-state index contributed by atoms with van der Waals surface area (Å²) in [5, 5.41) is 5.48. The number of alkyl halides is 3. The second-order valence-electron chi connectivity index (χ2n) is 5.28. The second kappa shape index (κ2) is 7.86. The summed E-state index contributed by atoms with van der Waals surface area (Å²) in [6.07, 6.45) is -3.57. The minimum absolute atomic E-state index is 0.0737. The number of benzene rings is 2. The maximum absolute atomic E-state index is 12.9. The molecule has 2 rings (SSSR count). The molecule has 0 aromatic heterocycles. The maximum Gasteiger partial charge on any atom is 0.418 e. The quantitative estimate of drug-likeness (QED) is 0.802. The van der Waals surface area contributed by atoms with E-state index in [0.717, 1.165) is 23.7 Å². The summed E-state index contributed by atoms with van der Waals surface area (Å²) in [4.78, 5) is 11.9. The van der Waals surface area contributed by atoms with Crippen LogP contribution in [-0.2, 0) is 17.4 Å². The standard InChI is InChI=1S/C18H19F3N2O/c1-2-13-7-3-5-9-15(13)22-12-11-17(24)23-16-10-6-4-8-14(16)18(19,20)21/h3-10,22H,2,11-12H2,1H3,(H,23,24). The minimum atomic E-state index is -4.50. The number of hydrogen-bond donors (Lipinski definition) is 2. The largest absolute Gasteiger partial charge is 0.418 e. The molecule has 0 saturated heterocycles. The molecule has 0 fully saturated rings. The number of amides is 1. The molecule has 3 nitrogen and oxygen atoms in total. The fraction of sp³-hybridized carbons (Fsp3) is 0.278. The van der Waals surface area contributed by atoms with Gasteiger partial charge in [0.1, 0.15) is 0 Å². The zero-order valence-electron chi connectivity index (χ0n) is 13.3. The number of carbonyl (C=O) groups is 1. The van der Waals surface area contributed by atoms with Crippen LogP contribution in [0.3, 0.4) is 0 Å². The average molecular weight is 336 g/mol. The van der Waals surface area contributed by atoms with Gasteiger partial charge in [0.2, 0.25) is 5.91 Å². The molecule has 0 aliphatic rings. The predicted octanol–water partition coefficient (Wildman–Crippen LogP) is 4.71. The molecular weight excluding hydrogens is 317 g/mol. The van der Waals surface area contributed by atoms with Crippen molar-refractivity contribution >= 4 is 17.3 Å². The fourth-order valence-electron chi connectivity index (χ4n) is 2.36. The number of aryl methyl sites for hydroxylation is 1. The summed E-state index contributed by atoms with van der Waals surface area (Å²) in [6, 6.07) is 12.7. The van der Waals surface area contributed by atoms with Gasteiger partial charge < -0.3 is 10.6 Å². The maximum atomic E-state index is 12.9. The Hall–Kier alpha value is -2.50. The van der Waals surface area contributed by atoms with Crippen LogP contribution in [0.2, 0.25) is 0 Å². The van der Waals surface area contributed by atoms with Crippen molar-refractivity contribution in [1.82, 2.24) is 0 Å². The van der Waals surface area contributed by atoms with E-state index in [9.17, 15) is 18.0 Å². The Labute approximate surface area is 138 Å². The van der Waals surface area contributed by atoms with Gasteiger partial charge in [-0.15, -0.1) is 0 Å². The highest BCUT2D eigenvalue weighted by atomic mass is 19.4. The lowest BCUT2D eigenvalue weighted by atomic mass is 10.1. The Kier molecular flexibility index (Phi) is 5.84. The van der Waals surface area contributed by atoms with Crippen molar-refractivity contribution < 1.29 is 18.0 Å². The van der Waals surface area contributed by atoms with Crippen molar-refractivity contribution in [3.8, 4) is 0 Å². The molecule has 1 amide bonds. The van der Waals surface area contributed by atoms with Crippen LogP contribution in [-0.4, -0.2) is 12.5 Å². The number of rotatable bonds is 6. The SMILES string of the molecule is CCc1ccccc1NCCC(=O)Nc1ccccc1C(F)(F)F. The van der Waals surface area contributed by atoms with Gasteiger partial charge in [-0.2, -0.15) is 13.2 Å². The lowest BCUT2D eigenvalue weighted by Gasteiger charge is -2.14. The second-order valence-corrected chi connectivity index (χ2v) is 5.28.